The summed E-state index contributed by atoms with van der Waals surface area (Å²) < 4.78 is 30.9. The average Bonchev–Trinajstić information content (AvgIpc) is 3.32. The highest BCUT2D eigenvalue weighted by molar-refractivity contribution is 7.88. The second kappa shape index (κ2) is 9.15. The van der Waals surface area contributed by atoms with E-state index in [1.807, 2.05) is 6.07 Å². The van der Waals surface area contributed by atoms with Crippen LogP contribution < -0.4 is 5.32 Å². The van der Waals surface area contributed by atoms with Crippen LogP contribution >= 0.6 is 0 Å². The van der Waals surface area contributed by atoms with Crippen LogP contribution in [0.3, 0.4) is 0 Å². The van der Waals surface area contributed by atoms with Gasteiger partial charge in [0.25, 0.3) is 0 Å². The quantitative estimate of drug-likeness (QED) is 0.681. The van der Waals surface area contributed by atoms with Crippen molar-refractivity contribution in [1.82, 2.24) is 24.7 Å². The first-order chi connectivity index (χ1) is 15.5. The van der Waals surface area contributed by atoms with Gasteiger partial charge in [-0.05, 0) is 62.1 Å². The van der Waals surface area contributed by atoms with Crippen molar-refractivity contribution in [3.05, 3.63) is 46.6 Å². The Morgan fingerprint density at radius 2 is 1.94 bits per heavy atom. The fraction of sp³-hybridized carbons (Fsp3) is 0.609. The largest absolute Gasteiger partial charge is 0.351 e. The number of aryl methyl sites for hydroxylation is 3. The number of hydrogen-bond acceptors (Lipinski definition) is 7. The third-order valence-electron chi connectivity index (χ3n) is 7.09. The molecule has 180 valence electrons. The molecule has 1 amide bonds. The molecule has 2 aliphatic rings. The van der Waals surface area contributed by atoms with E-state index in [-0.39, 0.29) is 23.9 Å². The number of nitrogens with zero attached hydrogens (tertiary/aromatic N) is 4. The molecule has 2 fully saturated rings. The molecule has 0 radical (unpaired) electrons. The Morgan fingerprint density at radius 1 is 1.21 bits per heavy atom. The van der Waals surface area contributed by atoms with Crippen molar-refractivity contribution in [2.45, 2.75) is 52.6 Å². The fourth-order valence-electron chi connectivity index (χ4n) is 5.01. The van der Waals surface area contributed by atoms with Crippen molar-refractivity contribution < 1.29 is 17.7 Å². The van der Waals surface area contributed by atoms with Crippen LogP contribution in [0.15, 0.2) is 22.7 Å². The Hall–Kier alpha value is -2.30. The molecule has 3 heterocycles. The third-order valence-corrected chi connectivity index (χ3v) is 8.40. The molecule has 9 nitrogen and oxygen atoms in total. The first-order valence-electron chi connectivity index (χ1n) is 11.4. The molecule has 1 atom stereocenters. The minimum Gasteiger partial charge on any atom is -0.351 e. The molecule has 2 aromatic rings. The number of rotatable bonds is 6. The number of benzene rings is 1. The fourth-order valence-corrected chi connectivity index (χ4v) is 5.86. The lowest BCUT2D eigenvalue weighted by molar-refractivity contribution is -0.122. The van der Waals surface area contributed by atoms with E-state index in [2.05, 4.69) is 46.3 Å². The zero-order valence-corrected chi connectivity index (χ0v) is 20.6. The number of nitrogens with one attached hydrogen (secondary N) is 1. The van der Waals surface area contributed by atoms with Gasteiger partial charge >= 0.3 is 0 Å². The molecule has 1 unspecified atom stereocenters. The second-order valence-electron chi connectivity index (χ2n) is 9.66. The molecular weight excluding hydrogens is 442 g/mol. The maximum atomic E-state index is 12.9. The first-order valence-corrected chi connectivity index (χ1v) is 13.2. The number of carbonyl (C=O) groups is 1. The lowest BCUT2D eigenvalue weighted by Gasteiger charge is -2.38. The van der Waals surface area contributed by atoms with Crippen molar-refractivity contribution in [3.8, 4) is 0 Å². The maximum absolute atomic E-state index is 12.9. The van der Waals surface area contributed by atoms with Gasteiger partial charge in [-0.2, -0.15) is 4.98 Å². The van der Waals surface area contributed by atoms with E-state index in [0.717, 1.165) is 24.8 Å². The SMILES string of the molecule is Cc1noc(C2CC3(CCN(S(C)(=O)=O)CC3)CN2CC(=O)NCc2ccc(C)c(C)c2)n1. The van der Waals surface area contributed by atoms with Crippen molar-refractivity contribution in [3.63, 3.8) is 0 Å². The van der Waals surface area contributed by atoms with Crippen LogP contribution in [0.2, 0.25) is 0 Å². The lowest BCUT2D eigenvalue weighted by Crippen LogP contribution is -2.44. The zero-order chi connectivity index (χ0) is 23.8. The van der Waals surface area contributed by atoms with Gasteiger partial charge in [0.05, 0.1) is 18.8 Å². The Kier molecular flexibility index (Phi) is 6.61. The van der Waals surface area contributed by atoms with Gasteiger partial charge in [0.2, 0.25) is 21.8 Å². The highest BCUT2D eigenvalue weighted by Crippen LogP contribution is 2.48. The standard InChI is InChI=1S/C23H33N5O4S/c1-16-5-6-19(11-17(16)2)13-24-21(29)14-27-15-23(7-9-28(10-8-23)33(4,30)31)12-20(27)22-25-18(3)26-32-22/h5-6,11,20H,7-10,12-15H2,1-4H3,(H,24,29). The van der Waals surface area contributed by atoms with Gasteiger partial charge in [0, 0.05) is 26.2 Å². The molecule has 0 bridgehead atoms. The number of hydrogen-bond donors (Lipinski definition) is 1. The van der Waals surface area contributed by atoms with Crippen LogP contribution in [-0.4, -0.2) is 66.1 Å². The van der Waals surface area contributed by atoms with Crippen molar-refractivity contribution in [2.75, 3.05) is 32.4 Å². The summed E-state index contributed by atoms with van der Waals surface area (Å²) in [4.78, 5) is 19.4. The first kappa shape index (κ1) is 23.8. The summed E-state index contributed by atoms with van der Waals surface area (Å²) in [5.74, 6) is 1.04. The van der Waals surface area contributed by atoms with Crippen LogP contribution in [0.1, 0.15) is 53.7 Å². The van der Waals surface area contributed by atoms with E-state index in [1.165, 1.54) is 17.4 Å². The smallest absolute Gasteiger partial charge is 0.244 e. The van der Waals surface area contributed by atoms with E-state index in [1.54, 1.807) is 11.2 Å². The molecule has 10 heteroatoms. The van der Waals surface area contributed by atoms with E-state index < -0.39 is 10.0 Å². The number of likely N-dealkylation sites (tertiary alicyclic amines) is 1. The number of sulfonamides is 1. The normalized spacial score (nSPS) is 21.5. The van der Waals surface area contributed by atoms with Gasteiger partial charge in [0.15, 0.2) is 5.82 Å². The Morgan fingerprint density at radius 3 is 2.55 bits per heavy atom. The summed E-state index contributed by atoms with van der Waals surface area (Å²) in [5.41, 5.74) is 3.44. The highest BCUT2D eigenvalue weighted by Gasteiger charge is 2.49. The Bertz CT molecular complexity index is 1120. The van der Waals surface area contributed by atoms with Gasteiger partial charge in [-0.3, -0.25) is 9.69 Å². The summed E-state index contributed by atoms with van der Waals surface area (Å²) in [6.07, 6.45) is 3.54. The summed E-state index contributed by atoms with van der Waals surface area (Å²) in [5, 5.41) is 6.98. The minimum atomic E-state index is -3.19. The average molecular weight is 476 g/mol. The topological polar surface area (TPSA) is 109 Å². The van der Waals surface area contributed by atoms with E-state index in [0.29, 0.717) is 37.9 Å². The minimum absolute atomic E-state index is 0.0555. The van der Waals surface area contributed by atoms with Gasteiger partial charge in [-0.15, -0.1) is 0 Å². The van der Waals surface area contributed by atoms with Crippen molar-refractivity contribution in [1.29, 1.82) is 0 Å². The van der Waals surface area contributed by atoms with Crippen LogP contribution in [-0.2, 0) is 21.4 Å². The maximum Gasteiger partial charge on any atom is 0.244 e. The third kappa shape index (κ3) is 5.44. The number of piperidine rings is 1. The van der Waals surface area contributed by atoms with Gasteiger partial charge < -0.3 is 9.84 Å². The molecule has 2 saturated heterocycles. The molecule has 1 spiro atoms. The predicted octanol–water partition coefficient (Wildman–Crippen LogP) is 2.10. The summed E-state index contributed by atoms with van der Waals surface area (Å²) >= 11 is 0. The molecule has 33 heavy (non-hydrogen) atoms. The molecule has 0 aliphatic carbocycles. The monoisotopic (exact) mass is 475 g/mol. The van der Waals surface area contributed by atoms with Crippen LogP contribution in [0, 0.1) is 26.2 Å². The van der Waals surface area contributed by atoms with Crippen LogP contribution in [0.25, 0.3) is 0 Å². The van der Waals surface area contributed by atoms with E-state index in [9.17, 15) is 13.2 Å². The molecule has 0 saturated carbocycles. The van der Waals surface area contributed by atoms with Crippen LogP contribution in [0.4, 0.5) is 0 Å². The molecule has 1 aromatic carbocycles. The molecule has 1 aromatic heterocycles. The van der Waals surface area contributed by atoms with Gasteiger partial charge in [-0.25, -0.2) is 12.7 Å². The van der Waals surface area contributed by atoms with Crippen molar-refractivity contribution >= 4 is 15.9 Å². The van der Waals surface area contributed by atoms with E-state index >= 15 is 0 Å². The van der Waals surface area contributed by atoms with Crippen LogP contribution in [0.5, 0.6) is 0 Å². The van der Waals surface area contributed by atoms with E-state index in [4.69, 9.17) is 4.52 Å². The highest BCUT2D eigenvalue weighted by atomic mass is 32.2. The summed E-state index contributed by atoms with van der Waals surface area (Å²) in [7, 11) is -3.19. The van der Waals surface area contributed by atoms with Gasteiger partial charge in [0.1, 0.15) is 0 Å². The molecule has 2 aliphatic heterocycles. The zero-order valence-electron chi connectivity index (χ0n) is 19.8. The lowest BCUT2D eigenvalue weighted by atomic mass is 9.77. The summed E-state index contributed by atoms with van der Waals surface area (Å²) in [6, 6.07) is 6.05. The molecular formula is C23H33N5O4S. The molecule has 1 N–H and O–H groups in total. The number of aromatic nitrogens is 2. The van der Waals surface area contributed by atoms with Gasteiger partial charge in [-0.1, -0.05) is 23.4 Å². The van der Waals surface area contributed by atoms with Crippen molar-refractivity contribution in [2.24, 2.45) is 5.41 Å². The number of amides is 1. The molecule has 4 rings (SSSR count). The second-order valence-corrected chi connectivity index (χ2v) is 11.6. The summed E-state index contributed by atoms with van der Waals surface area (Å²) in [6.45, 7) is 8.33. The number of carbonyl (C=O) groups excluding carboxylic acids is 1. The predicted molar refractivity (Wildman–Crippen MR) is 124 cm³/mol. The Balaban J connectivity index is 1.44. The Labute approximate surface area is 195 Å².